The van der Waals surface area contributed by atoms with Gasteiger partial charge in [-0.1, -0.05) is 18.2 Å². The Labute approximate surface area is 131 Å². The third-order valence-corrected chi connectivity index (χ3v) is 3.29. The number of benzene rings is 1. The smallest absolute Gasteiger partial charge is 0.276 e. The highest BCUT2D eigenvalue weighted by Crippen LogP contribution is 2.09. The van der Waals surface area contributed by atoms with E-state index in [1.807, 2.05) is 0 Å². The first-order valence-electron chi connectivity index (χ1n) is 6.98. The van der Waals surface area contributed by atoms with Gasteiger partial charge in [-0.15, -0.1) is 5.10 Å². The quantitative estimate of drug-likeness (QED) is 0.796. The van der Waals surface area contributed by atoms with Gasteiger partial charge in [0, 0.05) is 12.6 Å². The third kappa shape index (κ3) is 3.25. The van der Waals surface area contributed by atoms with Gasteiger partial charge in [-0.3, -0.25) is 14.8 Å². The zero-order chi connectivity index (χ0) is 16.4. The van der Waals surface area contributed by atoms with E-state index in [9.17, 15) is 9.18 Å². The monoisotopic (exact) mass is 314 g/mol. The molecule has 0 aliphatic carbocycles. The van der Waals surface area contributed by atoms with E-state index >= 15 is 0 Å². The summed E-state index contributed by atoms with van der Waals surface area (Å²) < 4.78 is 16.6. The topological polar surface area (TPSA) is 77.6 Å². The number of nitrogens with zero attached hydrogens (tertiary/aromatic N) is 5. The number of nitrogens with one attached hydrogen (secondary N) is 1. The molecule has 0 aliphatic heterocycles. The van der Waals surface area contributed by atoms with Crippen LogP contribution in [0.25, 0.3) is 0 Å². The van der Waals surface area contributed by atoms with Crippen LogP contribution < -0.4 is 5.32 Å². The van der Waals surface area contributed by atoms with E-state index in [2.05, 4.69) is 20.5 Å². The van der Waals surface area contributed by atoms with Crippen molar-refractivity contribution in [3.63, 3.8) is 0 Å². The lowest BCUT2D eigenvalue weighted by Gasteiger charge is -2.03. The fourth-order valence-electron chi connectivity index (χ4n) is 2.22. The van der Waals surface area contributed by atoms with Gasteiger partial charge in [-0.25, -0.2) is 14.1 Å². The Hall–Kier alpha value is -3.03. The molecule has 0 fully saturated rings. The zero-order valence-electron chi connectivity index (χ0n) is 12.7. The number of halogens is 1. The number of aryl methyl sites for hydroxylation is 2. The van der Waals surface area contributed by atoms with Gasteiger partial charge in [-0.05, 0) is 19.1 Å². The lowest BCUT2D eigenvalue weighted by atomic mass is 10.2. The highest BCUT2D eigenvalue weighted by Gasteiger charge is 2.14. The Morgan fingerprint density at radius 1 is 1.30 bits per heavy atom. The van der Waals surface area contributed by atoms with Crippen LogP contribution in [0.1, 0.15) is 21.7 Å². The summed E-state index contributed by atoms with van der Waals surface area (Å²) in [6, 6.07) is 8.11. The van der Waals surface area contributed by atoms with Crippen LogP contribution >= 0.6 is 0 Å². The molecule has 0 saturated carbocycles. The summed E-state index contributed by atoms with van der Waals surface area (Å²) in [6.45, 7) is 2.04. The van der Waals surface area contributed by atoms with E-state index in [-0.39, 0.29) is 24.2 Å². The number of aromatic nitrogens is 5. The van der Waals surface area contributed by atoms with Crippen LogP contribution in [0.3, 0.4) is 0 Å². The van der Waals surface area contributed by atoms with Crippen LogP contribution in [0.15, 0.2) is 36.7 Å². The molecule has 3 rings (SSSR count). The first-order chi connectivity index (χ1) is 11.0. The van der Waals surface area contributed by atoms with Crippen molar-refractivity contribution in [1.82, 2.24) is 24.5 Å². The van der Waals surface area contributed by atoms with Gasteiger partial charge in [0.25, 0.3) is 5.91 Å². The number of anilines is 1. The molecule has 0 aliphatic rings. The van der Waals surface area contributed by atoms with Gasteiger partial charge in [0.15, 0.2) is 0 Å². The fourth-order valence-corrected chi connectivity index (χ4v) is 2.22. The van der Waals surface area contributed by atoms with Crippen LogP contribution in [-0.2, 0) is 13.6 Å². The van der Waals surface area contributed by atoms with Crippen LogP contribution in [0, 0.1) is 12.7 Å². The van der Waals surface area contributed by atoms with E-state index in [0.717, 1.165) is 5.69 Å². The third-order valence-electron chi connectivity index (χ3n) is 3.29. The fraction of sp³-hybridized carbons (Fsp3) is 0.200. The second-order valence-corrected chi connectivity index (χ2v) is 5.11. The normalized spacial score (nSPS) is 10.7. The van der Waals surface area contributed by atoms with Crippen molar-refractivity contribution in [1.29, 1.82) is 0 Å². The molecular weight excluding hydrogens is 299 g/mol. The summed E-state index contributed by atoms with van der Waals surface area (Å²) in [4.78, 5) is 16.2. The van der Waals surface area contributed by atoms with Crippen molar-refractivity contribution < 1.29 is 9.18 Å². The Morgan fingerprint density at radius 3 is 2.78 bits per heavy atom. The molecule has 8 heteroatoms. The molecule has 118 valence electrons. The van der Waals surface area contributed by atoms with E-state index < -0.39 is 0 Å². The molecule has 0 saturated heterocycles. The van der Waals surface area contributed by atoms with Crippen molar-refractivity contribution in [3.8, 4) is 0 Å². The molecule has 1 aromatic carbocycles. The number of hydrogen-bond donors (Lipinski definition) is 1. The average Bonchev–Trinajstić information content (AvgIpc) is 3.07. The molecule has 0 spiro atoms. The van der Waals surface area contributed by atoms with Gasteiger partial charge >= 0.3 is 0 Å². The van der Waals surface area contributed by atoms with Gasteiger partial charge in [0.2, 0.25) is 5.95 Å². The maximum Gasteiger partial charge on any atom is 0.276 e. The lowest BCUT2D eigenvalue weighted by molar-refractivity contribution is 0.101. The summed E-state index contributed by atoms with van der Waals surface area (Å²) >= 11 is 0. The van der Waals surface area contributed by atoms with Crippen LogP contribution in [0.5, 0.6) is 0 Å². The second-order valence-electron chi connectivity index (χ2n) is 5.11. The summed E-state index contributed by atoms with van der Waals surface area (Å²) in [6.07, 6.45) is 1.44. The predicted molar refractivity (Wildman–Crippen MR) is 81.4 cm³/mol. The number of rotatable bonds is 4. The zero-order valence-corrected chi connectivity index (χ0v) is 12.7. The molecular formula is C15H15FN6O. The Morgan fingerprint density at radius 2 is 2.09 bits per heavy atom. The highest BCUT2D eigenvalue weighted by molar-refractivity contribution is 6.02. The number of hydrogen-bond acceptors (Lipinski definition) is 4. The molecule has 2 aromatic heterocycles. The standard InChI is InChI=1S/C15H15FN6O/c1-10-7-13(21(2)19-10)14(23)18-15-17-9-22(20-15)8-11-5-3-4-6-12(11)16/h3-7,9H,8H2,1-2H3,(H,18,20,23). The largest absolute Gasteiger partial charge is 0.288 e. The van der Waals surface area contributed by atoms with Crippen molar-refractivity contribution in [2.24, 2.45) is 7.05 Å². The number of carbonyl (C=O) groups excluding carboxylic acids is 1. The molecule has 3 aromatic rings. The van der Waals surface area contributed by atoms with Crippen LogP contribution in [0.2, 0.25) is 0 Å². The van der Waals surface area contributed by atoms with Gasteiger partial charge in [0.05, 0.1) is 12.2 Å². The minimum Gasteiger partial charge on any atom is -0.288 e. The summed E-state index contributed by atoms with van der Waals surface area (Å²) in [5.74, 6) is -0.499. The molecule has 1 amide bonds. The number of carbonyl (C=O) groups is 1. The Balaban J connectivity index is 1.71. The predicted octanol–water partition coefficient (Wildman–Crippen LogP) is 1.76. The summed E-state index contributed by atoms with van der Waals surface area (Å²) in [5.41, 5.74) is 1.65. The molecule has 0 radical (unpaired) electrons. The molecule has 7 nitrogen and oxygen atoms in total. The summed E-state index contributed by atoms with van der Waals surface area (Å²) in [5, 5.41) is 10.8. The first-order valence-corrected chi connectivity index (χ1v) is 6.98. The molecule has 0 unspecified atom stereocenters. The maximum atomic E-state index is 13.6. The molecule has 0 atom stereocenters. The molecule has 23 heavy (non-hydrogen) atoms. The SMILES string of the molecule is Cc1cc(C(=O)Nc2ncn(Cc3ccccc3F)n2)n(C)n1. The van der Waals surface area contributed by atoms with Gasteiger partial charge in [-0.2, -0.15) is 5.10 Å². The Bertz CT molecular complexity index is 853. The van der Waals surface area contributed by atoms with Crippen molar-refractivity contribution in [2.45, 2.75) is 13.5 Å². The highest BCUT2D eigenvalue weighted by atomic mass is 19.1. The molecule has 2 heterocycles. The van der Waals surface area contributed by atoms with Gasteiger partial charge < -0.3 is 0 Å². The van der Waals surface area contributed by atoms with Crippen molar-refractivity contribution >= 4 is 11.9 Å². The van der Waals surface area contributed by atoms with E-state index in [0.29, 0.717) is 11.3 Å². The maximum absolute atomic E-state index is 13.6. The van der Waals surface area contributed by atoms with E-state index in [1.54, 1.807) is 38.2 Å². The minimum absolute atomic E-state index is 0.158. The van der Waals surface area contributed by atoms with Gasteiger partial charge in [0.1, 0.15) is 17.8 Å². The van der Waals surface area contributed by atoms with Crippen LogP contribution in [-0.4, -0.2) is 30.5 Å². The van der Waals surface area contributed by atoms with E-state index in [4.69, 9.17) is 0 Å². The van der Waals surface area contributed by atoms with Crippen molar-refractivity contribution in [3.05, 3.63) is 59.4 Å². The summed E-state index contributed by atoms with van der Waals surface area (Å²) in [7, 11) is 1.69. The van der Waals surface area contributed by atoms with Crippen LogP contribution in [0.4, 0.5) is 10.3 Å². The van der Waals surface area contributed by atoms with E-state index in [1.165, 1.54) is 21.8 Å². The van der Waals surface area contributed by atoms with Crippen molar-refractivity contribution in [2.75, 3.05) is 5.32 Å². The first kappa shape index (κ1) is 14.9. The second kappa shape index (κ2) is 5.99. The number of amides is 1. The Kier molecular flexibility index (Phi) is 3.88. The molecule has 1 N–H and O–H groups in total. The molecule has 0 bridgehead atoms. The minimum atomic E-state index is -0.350. The lowest BCUT2D eigenvalue weighted by Crippen LogP contribution is -2.17. The average molecular weight is 314 g/mol.